The van der Waals surface area contributed by atoms with Crippen LogP contribution in [0.3, 0.4) is 0 Å². The third kappa shape index (κ3) is 4.52. The molecule has 0 N–H and O–H groups in total. The van der Waals surface area contributed by atoms with Gasteiger partial charge >= 0.3 is 5.97 Å². The van der Waals surface area contributed by atoms with Crippen molar-refractivity contribution in [1.82, 2.24) is 0 Å². The summed E-state index contributed by atoms with van der Waals surface area (Å²) in [5.74, 6) is 2.43. The van der Waals surface area contributed by atoms with Gasteiger partial charge in [-0.1, -0.05) is 54.0 Å². The normalized spacial score (nSPS) is 17.3. The van der Waals surface area contributed by atoms with Crippen molar-refractivity contribution in [2.24, 2.45) is 5.92 Å². The molecule has 0 heterocycles. The van der Waals surface area contributed by atoms with Crippen LogP contribution >= 0.6 is 0 Å². The SMILES string of the molecule is C#CC(C)(OC(=O)c1ccc([S+](c2ccccc2)c2ccccc2)cc1)C1CCC=C1C. The van der Waals surface area contributed by atoms with Crippen molar-refractivity contribution >= 4 is 16.9 Å². The molecule has 0 bridgehead atoms. The van der Waals surface area contributed by atoms with E-state index in [1.807, 2.05) is 43.3 Å². The second-order valence-electron chi connectivity index (χ2n) is 8.18. The van der Waals surface area contributed by atoms with Crippen molar-refractivity contribution in [3.63, 3.8) is 0 Å². The Kier molecular flexibility index (Phi) is 6.53. The first-order valence-corrected chi connectivity index (χ1v) is 12.1. The molecule has 0 amide bonds. The molecule has 2 nitrogen and oxygen atoms in total. The molecule has 160 valence electrons. The summed E-state index contributed by atoms with van der Waals surface area (Å²) < 4.78 is 5.88. The fourth-order valence-corrected chi connectivity index (χ4v) is 6.34. The summed E-state index contributed by atoms with van der Waals surface area (Å²) >= 11 is 0. The summed E-state index contributed by atoms with van der Waals surface area (Å²) in [6, 6.07) is 28.6. The number of ether oxygens (including phenoxy) is 1. The van der Waals surface area contributed by atoms with Gasteiger partial charge in [0.2, 0.25) is 0 Å². The van der Waals surface area contributed by atoms with Crippen LogP contribution in [-0.4, -0.2) is 11.6 Å². The lowest BCUT2D eigenvalue weighted by atomic mass is 9.85. The molecule has 3 heteroatoms. The Bertz CT molecular complexity index is 1100. The van der Waals surface area contributed by atoms with E-state index in [1.165, 1.54) is 15.4 Å². The number of hydrogen-bond donors (Lipinski definition) is 0. The van der Waals surface area contributed by atoms with Crippen molar-refractivity contribution in [3.05, 3.63) is 102 Å². The average Bonchev–Trinajstić information content (AvgIpc) is 3.28. The maximum Gasteiger partial charge on any atom is 0.339 e. The number of terminal acetylenes is 1. The van der Waals surface area contributed by atoms with E-state index in [9.17, 15) is 4.79 Å². The lowest BCUT2D eigenvalue weighted by molar-refractivity contribution is -0.00236. The van der Waals surface area contributed by atoms with E-state index in [-0.39, 0.29) is 22.8 Å². The van der Waals surface area contributed by atoms with Crippen molar-refractivity contribution in [1.29, 1.82) is 0 Å². The van der Waals surface area contributed by atoms with Crippen LogP contribution in [0.1, 0.15) is 37.0 Å². The Balaban J connectivity index is 1.59. The van der Waals surface area contributed by atoms with Crippen LogP contribution in [0.2, 0.25) is 0 Å². The molecular formula is C29H27O2S+. The second kappa shape index (κ2) is 9.51. The third-order valence-electron chi connectivity index (χ3n) is 6.01. The topological polar surface area (TPSA) is 26.3 Å². The van der Waals surface area contributed by atoms with Crippen LogP contribution in [0.5, 0.6) is 0 Å². The molecule has 3 aromatic rings. The molecule has 0 saturated carbocycles. The third-order valence-corrected chi connectivity index (χ3v) is 8.24. The zero-order valence-corrected chi connectivity index (χ0v) is 19.3. The molecule has 2 unspecified atom stereocenters. The molecule has 0 aliphatic heterocycles. The molecule has 0 radical (unpaired) electrons. The van der Waals surface area contributed by atoms with E-state index < -0.39 is 5.60 Å². The summed E-state index contributed by atoms with van der Waals surface area (Å²) in [6.07, 6.45) is 9.88. The first-order chi connectivity index (χ1) is 15.5. The van der Waals surface area contributed by atoms with Crippen LogP contribution in [0.25, 0.3) is 0 Å². The Hall–Kier alpha value is -3.22. The molecule has 0 fully saturated rings. The van der Waals surface area contributed by atoms with Gasteiger partial charge in [0.1, 0.15) is 0 Å². The molecule has 3 aromatic carbocycles. The molecule has 0 spiro atoms. The Morgan fingerprint density at radius 1 is 0.938 bits per heavy atom. The first kappa shape index (κ1) is 22.0. The lowest BCUT2D eigenvalue weighted by Gasteiger charge is -2.31. The maximum atomic E-state index is 13.0. The maximum absolute atomic E-state index is 13.0. The van der Waals surface area contributed by atoms with Gasteiger partial charge < -0.3 is 4.74 Å². The minimum absolute atomic E-state index is 0.0674. The summed E-state index contributed by atoms with van der Waals surface area (Å²) in [5.41, 5.74) is 0.772. The fourth-order valence-electron chi connectivity index (χ4n) is 4.26. The van der Waals surface area contributed by atoms with Gasteiger partial charge in [-0.15, -0.1) is 6.42 Å². The quantitative estimate of drug-likeness (QED) is 0.185. The molecule has 0 saturated heterocycles. The van der Waals surface area contributed by atoms with Crippen LogP contribution in [-0.2, 0) is 15.6 Å². The highest BCUT2D eigenvalue weighted by Crippen LogP contribution is 2.37. The molecule has 1 aliphatic carbocycles. The molecule has 4 rings (SSSR count). The van der Waals surface area contributed by atoms with Gasteiger partial charge in [-0.2, -0.15) is 0 Å². The van der Waals surface area contributed by atoms with Gasteiger partial charge in [0.05, 0.1) is 16.5 Å². The van der Waals surface area contributed by atoms with E-state index in [4.69, 9.17) is 11.2 Å². The monoisotopic (exact) mass is 439 g/mol. The van der Waals surface area contributed by atoms with Gasteiger partial charge in [0.25, 0.3) is 0 Å². The Labute approximate surface area is 193 Å². The summed E-state index contributed by atoms with van der Waals surface area (Å²) in [5, 5.41) is 0. The highest BCUT2D eigenvalue weighted by Gasteiger charge is 2.39. The standard InChI is InChI=1S/C29H27O2S/c1-4-29(3,27-17-11-12-22(27)2)31-28(30)23-18-20-26(21-19-23)32(24-13-7-5-8-14-24)25-15-9-6-10-16-25/h1,5-10,12-16,18-21,27H,11,17H2,2-3H3/q+1. The number of allylic oxidation sites excluding steroid dienone is 1. The van der Waals surface area contributed by atoms with Crippen molar-refractivity contribution < 1.29 is 9.53 Å². The van der Waals surface area contributed by atoms with Crippen LogP contribution < -0.4 is 0 Å². The minimum atomic E-state index is -0.939. The fraction of sp³-hybridized carbons (Fsp3) is 0.207. The van der Waals surface area contributed by atoms with Gasteiger partial charge in [-0.25, -0.2) is 4.79 Å². The molecule has 1 aliphatic rings. The van der Waals surface area contributed by atoms with Gasteiger partial charge in [-0.05, 0) is 75.2 Å². The van der Waals surface area contributed by atoms with Crippen LogP contribution in [0, 0.1) is 18.3 Å². The second-order valence-corrected chi connectivity index (χ2v) is 10.2. The zero-order chi connectivity index (χ0) is 22.6. The minimum Gasteiger partial charge on any atom is -0.442 e. The average molecular weight is 440 g/mol. The van der Waals surface area contributed by atoms with Crippen molar-refractivity contribution in [2.45, 2.75) is 47.0 Å². The van der Waals surface area contributed by atoms with Gasteiger partial charge in [-0.3, -0.25) is 0 Å². The number of benzene rings is 3. The number of hydrogen-bond acceptors (Lipinski definition) is 2. The smallest absolute Gasteiger partial charge is 0.339 e. The predicted molar refractivity (Wildman–Crippen MR) is 131 cm³/mol. The molecule has 0 aromatic heterocycles. The number of rotatable bonds is 6. The highest BCUT2D eigenvalue weighted by molar-refractivity contribution is 7.97. The van der Waals surface area contributed by atoms with E-state index in [0.29, 0.717) is 5.56 Å². The van der Waals surface area contributed by atoms with Crippen molar-refractivity contribution in [2.75, 3.05) is 0 Å². The number of esters is 1. The molecule has 2 atom stereocenters. The van der Waals surface area contributed by atoms with E-state index in [0.717, 1.165) is 17.7 Å². The van der Waals surface area contributed by atoms with Crippen molar-refractivity contribution in [3.8, 4) is 12.3 Å². The number of carbonyl (C=O) groups excluding carboxylic acids is 1. The molecular weight excluding hydrogens is 412 g/mol. The van der Waals surface area contributed by atoms with E-state index in [2.05, 4.69) is 67.5 Å². The number of carbonyl (C=O) groups is 1. The van der Waals surface area contributed by atoms with E-state index in [1.54, 1.807) is 0 Å². The first-order valence-electron chi connectivity index (χ1n) is 10.8. The Morgan fingerprint density at radius 2 is 1.47 bits per heavy atom. The highest BCUT2D eigenvalue weighted by atomic mass is 32.2. The summed E-state index contributed by atoms with van der Waals surface area (Å²) in [7, 11) is -0.255. The van der Waals surface area contributed by atoms with Crippen LogP contribution in [0.4, 0.5) is 0 Å². The lowest BCUT2D eigenvalue weighted by Crippen LogP contribution is -2.38. The molecule has 32 heavy (non-hydrogen) atoms. The Morgan fingerprint density at radius 3 is 1.94 bits per heavy atom. The predicted octanol–water partition coefficient (Wildman–Crippen LogP) is 6.69. The zero-order valence-electron chi connectivity index (χ0n) is 18.5. The summed E-state index contributed by atoms with van der Waals surface area (Å²) in [4.78, 5) is 16.6. The van der Waals surface area contributed by atoms with Gasteiger partial charge in [0, 0.05) is 5.92 Å². The van der Waals surface area contributed by atoms with Crippen LogP contribution in [0.15, 0.2) is 111 Å². The van der Waals surface area contributed by atoms with E-state index >= 15 is 0 Å². The largest absolute Gasteiger partial charge is 0.442 e. The summed E-state index contributed by atoms with van der Waals surface area (Å²) in [6.45, 7) is 3.90. The van der Waals surface area contributed by atoms with Gasteiger partial charge in [0.15, 0.2) is 20.3 Å².